The van der Waals surface area contributed by atoms with Crippen LogP contribution in [0.4, 0.5) is 5.69 Å². The molecule has 1 aromatic carbocycles. The zero-order valence-electron chi connectivity index (χ0n) is 11.9. The van der Waals surface area contributed by atoms with Crippen molar-refractivity contribution in [2.45, 2.75) is 31.1 Å². The summed E-state index contributed by atoms with van der Waals surface area (Å²) in [6.07, 6.45) is 3.34. The van der Waals surface area contributed by atoms with E-state index in [-0.39, 0.29) is 4.90 Å². The topological polar surface area (TPSA) is 75.4 Å². The third kappa shape index (κ3) is 3.94. The molecule has 2 rings (SSSR count). The molecule has 1 aliphatic rings. The summed E-state index contributed by atoms with van der Waals surface area (Å²) in [5.74, 6) is 0. The van der Waals surface area contributed by atoms with Gasteiger partial charge in [-0.1, -0.05) is 6.07 Å². The number of nitrogens with zero attached hydrogens (tertiary/aromatic N) is 1. The van der Waals surface area contributed by atoms with Gasteiger partial charge >= 0.3 is 0 Å². The van der Waals surface area contributed by atoms with Gasteiger partial charge < -0.3 is 10.6 Å². The second kappa shape index (κ2) is 6.56. The molecule has 1 aliphatic heterocycles. The fourth-order valence-electron chi connectivity index (χ4n) is 2.51. The number of hydrogen-bond donors (Lipinski definition) is 2. The first-order valence-electron chi connectivity index (χ1n) is 7.07. The van der Waals surface area contributed by atoms with Gasteiger partial charge in [-0.2, -0.15) is 0 Å². The molecule has 5 nitrogen and oxygen atoms in total. The Hall–Kier alpha value is -1.11. The Kier molecular flexibility index (Phi) is 5.01. The lowest BCUT2D eigenvalue weighted by Crippen LogP contribution is -2.29. The van der Waals surface area contributed by atoms with Crippen LogP contribution >= 0.6 is 0 Å². The minimum absolute atomic E-state index is 0.171. The van der Waals surface area contributed by atoms with E-state index in [1.807, 2.05) is 6.92 Å². The van der Waals surface area contributed by atoms with Gasteiger partial charge in [-0.25, -0.2) is 13.1 Å². The molecule has 3 N–H and O–H groups in total. The fraction of sp³-hybridized carbons (Fsp3) is 0.571. The van der Waals surface area contributed by atoms with E-state index >= 15 is 0 Å². The summed E-state index contributed by atoms with van der Waals surface area (Å²) >= 11 is 0. The molecule has 112 valence electrons. The summed E-state index contributed by atoms with van der Waals surface area (Å²) in [5, 5.41) is 0. The van der Waals surface area contributed by atoms with E-state index in [4.69, 9.17) is 5.73 Å². The van der Waals surface area contributed by atoms with Gasteiger partial charge in [0, 0.05) is 6.54 Å². The van der Waals surface area contributed by atoms with Crippen molar-refractivity contribution in [1.82, 2.24) is 9.62 Å². The number of sulfonamides is 1. The van der Waals surface area contributed by atoms with Crippen molar-refractivity contribution in [2.24, 2.45) is 0 Å². The van der Waals surface area contributed by atoms with Gasteiger partial charge in [0.25, 0.3) is 0 Å². The maximum absolute atomic E-state index is 12.2. The van der Waals surface area contributed by atoms with Crippen LogP contribution in [0.1, 0.15) is 24.8 Å². The zero-order valence-corrected chi connectivity index (χ0v) is 12.7. The minimum Gasteiger partial charge on any atom is -0.398 e. The van der Waals surface area contributed by atoms with Gasteiger partial charge in [-0.15, -0.1) is 0 Å². The third-order valence-corrected chi connectivity index (χ3v) is 5.13. The first-order valence-corrected chi connectivity index (χ1v) is 8.55. The second-order valence-electron chi connectivity index (χ2n) is 5.34. The summed E-state index contributed by atoms with van der Waals surface area (Å²) in [6, 6.07) is 5.00. The monoisotopic (exact) mass is 297 g/mol. The lowest BCUT2D eigenvalue weighted by molar-refractivity contribution is 0.334. The number of nitrogens with one attached hydrogen (secondary N) is 1. The summed E-state index contributed by atoms with van der Waals surface area (Å²) in [7, 11) is -3.50. The van der Waals surface area contributed by atoms with E-state index in [2.05, 4.69) is 9.62 Å². The number of aryl methyl sites for hydroxylation is 1. The van der Waals surface area contributed by atoms with Gasteiger partial charge in [0.2, 0.25) is 10.0 Å². The average molecular weight is 297 g/mol. The number of hydrogen-bond acceptors (Lipinski definition) is 4. The van der Waals surface area contributed by atoms with E-state index in [1.54, 1.807) is 18.2 Å². The van der Waals surface area contributed by atoms with Gasteiger partial charge in [-0.05, 0) is 63.5 Å². The van der Waals surface area contributed by atoms with Gasteiger partial charge in [0.05, 0.1) is 5.69 Å². The Morgan fingerprint density at radius 3 is 2.65 bits per heavy atom. The van der Waals surface area contributed by atoms with E-state index in [0.29, 0.717) is 12.2 Å². The molecular weight excluding hydrogens is 274 g/mol. The van der Waals surface area contributed by atoms with Crippen molar-refractivity contribution in [3.63, 3.8) is 0 Å². The second-order valence-corrected chi connectivity index (χ2v) is 7.08. The Labute approximate surface area is 121 Å². The number of nitrogen functional groups attached to an aromatic ring is 1. The van der Waals surface area contributed by atoms with Gasteiger partial charge in [0.1, 0.15) is 4.90 Å². The molecule has 0 aromatic heterocycles. The van der Waals surface area contributed by atoms with Crippen molar-refractivity contribution < 1.29 is 8.42 Å². The lowest BCUT2D eigenvalue weighted by atomic mass is 10.2. The van der Waals surface area contributed by atoms with Crippen LogP contribution < -0.4 is 10.5 Å². The summed E-state index contributed by atoms with van der Waals surface area (Å²) in [4.78, 5) is 2.54. The van der Waals surface area contributed by atoms with Crippen LogP contribution in [0, 0.1) is 6.92 Å². The van der Waals surface area contributed by atoms with Crippen molar-refractivity contribution in [3.05, 3.63) is 23.8 Å². The Balaban J connectivity index is 1.87. The molecule has 0 aliphatic carbocycles. The maximum Gasteiger partial charge on any atom is 0.242 e. The molecule has 0 spiro atoms. The highest BCUT2D eigenvalue weighted by atomic mass is 32.2. The van der Waals surface area contributed by atoms with Crippen LogP contribution in [0.25, 0.3) is 0 Å². The molecule has 0 atom stereocenters. The predicted molar refractivity (Wildman–Crippen MR) is 81.1 cm³/mol. The molecule has 6 heteroatoms. The number of rotatable bonds is 6. The van der Waals surface area contributed by atoms with Gasteiger partial charge in [-0.3, -0.25) is 0 Å². The zero-order chi connectivity index (χ0) is 14.6. The van der Waals surface area contributed by atoms with Crippen molar-refractivity contribution in [1.29, 1.82) is 0 Å². The molecule has 20 heavy (non-hydrogen) atoms. The predicted octanol–water partition coefficient (Wildman–Crippen LogP) is 1.34. The van der Waals surface area contributed by atoms with Crippen LogP contribution in [0.2, 0.25) is 0 Å². The Morgan fingerprint density at radius 2 is 2.00 bits per heavy atom. The SMILES string of the molecule is Cc1ccc(S(=O)(=O)NCCCN2CCCC2)c(N)c1. The number of benzene rings is 1. The van der Waals surface area contributed by atoms with E-state index in [9.17, 15) is 8.42 Å². The molecule has 1 saturated heterocycles. The average Bonchev–Trinajstić information content (AvgIpc) is 2.87. The Morgan fingerprint density at radius 1 is 1.30 bits per heavy atom. The van der Waals surface area contributed by atoms with Gasteiger partial charge in [0.15, 0.2) is 0 Å². The molecule has 0 amide bonds. The highest BCUT2D eigenvalue weighted by Crippen LogP contribution is 2.19. The standard InChI is InChI=1S/C14H23N3O2S/c1-12-5-6-14(13(15)11-12)20(18,19)16-7-4-10-17-8-2-3-9-17/h5-6,11,16H,2-4,7-10,15H2,1H3. The summed E-state index contributed by atoms with van der Waals surface area (Å²) in [6.45, 7) is 5.56. The summed E-state index contributed by atoms with van der Waals surface area (Å²) < 4.78 is 26.9. The molecule has 1 fully saturated rings. The quantitative estimate of drug-likeness (QED) is 0.614. The first-order chi connectivity index (χ1) is 9.49. The van der Waals surface area contributed by atoms with Crippen LogP contribution in [-0.4, -0.2) is 39.5 Å². The highest BCUT2D eigenvalue weighted by Gasteiger charge is 2.17. The fourth-order valence-corrected chi connectivity index (χ4v) is 3.69. The molecule has 0 radical (unpaired) electrons. The lowest BCUT2D eigenvalue weighted by Gasteiger charge is -2.14. The van der Waals surface area contributed by atoms with E-state index < -0.39 is 10.0 Å². The van der Waals surface area contributed by atoms with Crippen molar-refractivity contribution >= 4 is 15.7 Å². The van der Waals surface area contributed by atoms with E-state index in [1.165, 1.54) is 12.8 Å². The number of nitrogens with two attached hydrogens (primary N) is 1. The highest BCUT2D eigenvalue weighted by molar-refractivity contribution is 7.89. The van der Waals surface area contributed by atoms with Crippen molar-refractivity contribution in [2.75, 3.05) is 31.9 Å². The largest absolute Gasteiger partial charge is 0.398 e. The van der Waals surface area contributed by atoms with Crippen molar-refractivity contribution in [3.8, 4) is 0 Å². The molecule has 1 heterocycles. The normalized spacial score (nSPS) is 16.6. The molecule has 0 unspecified atom stereocenters. The number of likely N-dealkylation sites (tertiary alicyclic amines) is 1. The maximum atomic E-state index is 12.2. The van der Waals surface area contributed by atoms with Crippen LogP contribution in [0.5, 0.6) is 0 Å². The third-order valence-electron chi connectivity index (χ3n) is 3.60. The molecule has 0 bridgehead atoms. The number of anilines is 1. The smallest absolute Gasteiger partial charge is 0.242 e. The Bertz CT molecular complexity index is 552. The van der Waals surface area contributed by atoms with Crippen LogP contribution in [-0.2, 0) is 10.0 Å². The summed E-state index contributed by atoms with van der Waals surface area (Å²) in [5.41, 5.74) is 7.04. The molecule has 1 aromatic rings. The minimum atomic E-state index is -3.50. The van der Waals surface area contributed by atoms with Crippen LogP contribution in [0.3, 0.4) is 0 Å². The van der Waals surface area contributed by atoms with E-state index in [0.717, 1.165) is 31.6 Å². The van der Waals surface area contributed by atoms with Crippen LogP contribution in [0.15, 0.2) is 23.1 Å². The molecular formula is C14H23N3O2S. The molecule has 0 saturated carbocycles. The first kappa shape index (κ1) is 15.3.